The van der Waals surface area contributed by atoms with Gasteiger partial charge in [-0.25, -0.2) is 0 Å². The normalized spacial score (nSPS) is 18.8. The van der Waals surface area contributed by atoms with Gasteiger partial charge in [-0.15, -0.1) is 0 Å². The van der Waals surface area contributed by atoms with Crippen molar-refractivity contribution in [2.45, 2.75) is 90.1 Å². The third kappa shape index (κ3) is 5.18. The largest absolute Gasteiger partial charge is 0.349 e. The minimum atomic E-state index is -0.0810. The summed E-state index contributed by atoms with van der Waals surface area (Å²) in [5.41, 5.74) is 4.19. The van der Waals surface area contributed by atoms with Gasteiger partial charge in [-0.1, -0.05) is 56.5 Å². The summed E-state index contributed by atoms with van der Waals surface area (Å²) in [5.74, 6) is 0.165. The molecule has 2 heterocycles. The molecule has 1 aromatic heterocycles. The molecule has 1 aliphatic carbocycles. The summed E-state index contributed by atoms with van der Waals surface area (Å²) >= 11 is 0. The first-order chi connectivity index (χ1) is 16.0. The van der Waals surface area contributed by atoms with Crippen LogP contribution in [0, 0.1) is 13.8 Å². The number of carbonyl (C=O) groups excluding carboxylic acids is 2. The van der Waals surface area contributed by atoms with Crippen LogP contribution in [-0.2, 0) is 4.79 Å². The van der Waals surface area contributed by atoms with Gasteiger partial charge in [-0.05, 0) is 57.6 Å². The maximum atomic E-state index is 13.2. The second kappa shape index (κ2) is 10.6. The SMILES string of the molecule is CCC(C(=O)N1CCC(NC(=O)c2cc(C)n(C3CCCCC3)c2C)CC1)c1ccccc1. The number of aromatic nitrogens is 1. The van der Waals surface area contributed by atoms with E-state index in [1.807, 2.05) is 35.2 Å². The lowest BCUT2D eigenvalue weighted by Crippen LogP contribution is -2.47. The molecule has 2 amide bonds. The number of amides is 2. The van der Waals surface area contributed by atoms with Gasteiger partial charge in [0.15, 0.2) is 0 Å². The first-order valence-corrected chi connectivity index (χ1v) is 12.8. The number of piperidine rings is 1. The van der Waals surface area contributed by atoms with E-state index in [1.165, 1.54) is 37.8 Å². The molecule has 1 unspecified atom stereocenters. The fraction of sp³-hybridized carbons (Fsp3) is 0.571. The minimum absolute atomic E-state index is 0.0330. The van der Waals surface area contributed by atoms with Crippen LogP contribution in [0.4, 0.5) is 0 Å². The molecule has 1 saturated carbocycles. The molecular formula is C28H39N3O2. The molecule has 1 N–H and O–H groups in total. The van der Waals surface area contributed by atoms with Crippen molar-refractivity contribution in [3.8, 4) is 0 Å². The van der Waals surface area contributed by atoms with Crippen molar-refractivity contribution < 1.29 is 9.59 Å². The van der Waals surface area contributed by atoms with Gasteiger partial charge < -0.3 is 14.8 Å². The summed E-state index contributed by atoms with van der Waals surface area (Å²) in [5, 5.41) is 3.26. The third-order valence-electron chi connectivity index (χ3n) is 7.72. The van der Waals surface area contributed by atoms with Crippen molar-refractivity contribution >= 4 is 11.8 Å². The van der Waals surface area contributed by atoms with Gasteiger partial charge in [0.05, 0.1) is 11.5 Å². The first-order valence-electron chi connectivity index (χ1n) is 12.8. The molecule has 0 spiro atoms. The van der Waals surface area contributed by atoms with Crippen LogP contribution < -0.4 is 5.32 Å². The van der Waals surface area contributed by atoms with Crippen LogP contribution in [-0.4, -0.2) is 40.4 Å². The maximum Gasteiger partial charge on any atom is 0.253 e. The van der Waals surface area contributed by atoms with E-state index in [-0.39, 0.29) is 23.8 Å². The molecule has 0 radical (unpaired) electrons. The Morgan fingerprint density at radius 1 is 1.00 bits per heavy atom. The van der Waals surface area contributed by atoms with Gasteiger partial charge in [0.25, 0.3) is 5.91 Å². The molecule has 2 aromatic rings. The maximum absolute atomic E-state index is 13.2. The molecule has 33 heavy (non-hydrogen) atoms. The van der Waals surface area contributed by atoms with E-state index in [4.69, 9.17) is 0 Å². The van der Waals surface area contributed by atoms with Crippen molar-refractivity contribution in [2.24, 2.45) is 0 Å². The molecule has 1 atom stereocenters. The monoisotopic (exact) mass is 449 g/mol. The fourth-order valence-electron chi connectivity index (χ4n) is 5.87. The van der Waals surface area contributed by atoms with Gasteiger partial charge in [0.2, 0.25) is 5.91 Å². The molecule has 5 heteroatoms. The van der Waals surface area contributed by atoms with E-state index in [1.54, 1.807) is 0 Å². The molecule has 2 fully saturated rings. The number of likely N-dealkylation sites (tertiary alicyclic amines) is 1. The summed E-state index contributed by atoms with van der Waals surface area (Å²) in [7, 11) is 0. The molecule has 1 aliphatic heterocycles. The highest BCUT2D eigenvalue weighted by Crippen LogP contribution is 2.32. The predicted molar refractivity (Wildman–Crippen MR) is 133 cm³/mol. The molecule has 5 nitrogen and oxygen atoms in total. The van der Waals surface area contributed by atoms with Gasteiger partial charge in [0, 0.05) is 36.6 Å². The molecule has 2 aliphatic rings. The average Bonchev–Trinajstić information content (AvgIpc) is 3.15. The van der Waals surface area contributed by atoms with Crippen LogP contribution in [0.1, 0.15) is 97.6 Å². The quantitative estimate of drug-likeness (QED) is 0.631. The Kier molecular flexibility index (Phi) is 7.56. The Labute approximate surface area is 198 Å². The summed E-state index contributed by atoms with van der Waals surface area (Å²) < 4.78 is 2.39. The van der Waals surface area contributed by atoms with E-state index >= 15 is 0 Å². The van der Waals surface area contributed by atoms with Crippen LogP contribution in [0.3, 0.4) is 0 Å². The standard InChI is InChI=1S/C28H39N3O2/c1-4-25(22-11-7-5-8-12-22)28(33)30-17-15-23(16-18-30)29-27(32)26-19-20(2)31(21(26)3)24-13-9-6-10-14-24/h5,7-8,11-12,19,23-25H,4,6,9-10,13-18H2,1-3H3,(H,29,32). The zero-order valence-electron chi connectivity index (χ0n) is 20.5. The van der Waals surface area contributed by atoms with Crippen molar-refractivity contribution in [3.05, 3.63) is 58.9 Å². The molecule has 4 rings (SSSR count). The van der Waals surface area contributed by atoms with Crippen LogP contribution >= 0.6 is 0 Å². The van der Waals surface area contributed by atoms with Gasteiger partial charge >= 0.3 is 0 Å². The lowest BCUT2D eigenvalue weighted by molar-refractivity contribution is -0.134. The van der Waals surface area contributed by atoms with Crippen molar-refractivity contribution in [3.63, 3.8) is 0 Å². The van der Waals surface area contributed by atoms with Crippen molar-refractivity contribution in [1.29, 1.82) is 0 Å². The number of benzene rings is 1. The van der Waals surface area contributed by atoms with Crippen molar-refractivity contribution in [2.75, 3.05) is 13.1 Å². The Balaban J connectivity index is 1.34. The summed E-state index contributed by atoms with van der Waals surface area (Å²) in [6.07, 6.45) is 8.74. The Morgan fingerprint density at radius 2 is 1.67 bits per heavy atom. The smallest absolute Gasteiger partial charge is 0.253 e. The number of nitrogens with zero attached hydrogens (tertiary/aromatic N) is 2. The minimum Gasteiger partial charge on any atom is -0.349 e. The number of nitrogens with one attached hydrogen (secondary N) is 1. The lowest BCUT2D eigenvalue weighted by atomic mass is 9.93. The van der Waals surface area contributed by atoms with E-state index in [0.717, 1.165) is 36.1 Å². The topological polar surface area (TPSA) is 54.3 Å². The average molecular weight is 450 g/mol. The molecule has 178 valence electrons. The molecule has 1 aromatic carbocycles. The number of hydrogen-bond donors (Lipinski definition) is 1. The molecule has 0 bridgehead atoms. The van der Waals surface area contributed by atoms with Crippen LogP contribution in [0.25, 0.3) is 0 Å². The number of aryl methyl sites for hydroxylation is 1. The summed E-state index contributed by atoms with van der Waals surface area (Å²) in [6, 6.07) is 12.8. The van der Waals surface area contributed by atoms with Crippen LogP contribution in [0.2, 0.25) is 0 Å². The van der Waals surface area contributed by atoms with Gasteiger partial charge in [-0.2, -0.15) is 0 Å². The Hall–Kier alpha value is -2.56. The highest BCUT2D eigenvalue weighted by Gasteiger charge is 2.30. The van der Waals surface area contributed by atoms with Crippen LogP contribution in [0.15, 0.2) is 36.4 Å². The zero-order chi connectivity index (χ0) is 23.4. The van der Waals surface area contributed by atoms with Crippen LogP contribution in [0.5, 0.6) is 0 Å². The predicted octanol–water partition coefficient (Wildman–Crippen LogP) is 5.52. The number of carbonyl (C=O) groups is 2. The van der Waals surface area contributed by atoms with Crippen molar-refractivity contribution in [1.82, 2.24) is 14.8 Å². The third-order valence-corrected chi connectivity index (χ3v) is 7.72. The molecule has 1 saturated heterocycles. The second-order valence-electron chi connectivity index (χ2n) is 9.89. The highest BCUT2D eigenvalue weighted by molar-refractivity contribution is 5.96. The number of rotatable bonds is 6. The van der Waals surface area contributed by atoms with Gasteiger partial charge in [-0.3, -0.25) is 9.59 Å². The second-order valence-corrected chi connectivity index (χ2v) is 9.89. The number of hydrogen-bond acceptors (Lipinski definition) is 2. The summed E-state index contributed by atoms with van der Waals surface area (Å²) in [4.78, 5) is 28.3. The van der Waals surface area contributed by atoms with E-state index < -0.39 is 0 Å². The van der Waals surface area contributed by atoms with E-state index in [2.05, 4.69) is 36.7 Å². The molecular weight excluding hydrogens is 410 g/mol. The lowest BCUT2D eigenvalue weighted by Gasteiger charge is -2.34. The first kappa shape index (κ1) is 23.6. The zero-order valence-corrected chi connectivity index (χ0v) is 20.5. The Bertz CT molecular complexity index is 951. The van der Waals surface area contributed by atoms with Gasteiger partial charge in [0.1, 0.15) is 0 Å². The van der Waals surface area contributed by atoms with E-state index in [9.17, 15) is 9.59 Å². The Morgan fingerprint density at radius 3 is 2.30 bits per heavy atom. The fourth-order valence-corrected chi connectivity index (χ4v) is 5.87. The summed E-state index contributed by atoms with van der Waals surface area (Å²) in [6.45, 7) is 7.69. The van der Waals surface area contributed by atoms with E-state index in [0.29, 0.717) is 19.1 Å². The highest BCUT2D eigenvalue weighted by atomic mass is 16.2.